The first kappa shape index (κ1) is 19.7. The van der Waals surface area contributed by atoms with Crippen LogP contribution in [0.5, 0.6) is 5.75 Å². The number of primary amides is 1. The van der Waals surface area contributed by atoms with Crippen LogP contribution in [0.2, 0.25) is 0 Å². The van der Waals surface area contributed by atoms with E-state index >= 15 is 0 Å². The number of amides is 1. The zero-order valence-corrected chi connectivity index (χ0v) is 16.2. The summed E-state index contributed by atoms with van der Waals surface area (Å²) >= 11 is 0. The van der Waals surface area contributed by atoms with Crippen LogP contribution in [0, 0.1) is 0 Å². The average molecular weight is 386 g/mol. The van der Waals surface area contributed by atoms with Crippen LogP contribution in [-0.2, 0) is 23.1 Å². The summed E-state index contributed by atoms with van der Waals surface area (Å²) in [6.45, 7) is 2.53. The number of nitrogens with one attached hydrogen (secondary N) is 1. The maximum atomic E-state index is 10.9. The van der Waals surface area contributed by atoms with E-state index in [1.165, 1.54) is 0 Å². The Morgan fingerprint density at radius 3 is 3.07 bits per heavy atom. The molecular formula is C19H26N6O3. The highest BCUT2D eigenvalue weighted by Crippen LogP contribution is 2.21. The predicted octanol–water partition coefficient (Wildman–Crippen LogP) is 0.433. The molecule has 9 nitrogen and oxygen atoms in total. The van der Waals surface area contributed by atoms with E-state index in [0.717, 1.165) is 23.6 Å². The topological polar surface area (TPSA) is 107 Å². The summed E-state index contributed by atoms with van der Waals surface area (Å²) in [6, 6.07) is 7.53. The van der Waals surface area contributed by atoms with E-state index in [0.29, 0.717) is 25.4 Å². The maximum absolute atomic E-state index is 10.9. The minimum Gasteiger partial charge on any atom is -0.484 e. The van der Waals surface area contributed by atoms with Gasteiger partial charge in [0, 0.05) is 38.9 Å². The molecule has 9 heteroatoms. The summed E-state index contributed by atoms with van der Waals surface area (Å²) < 4.78 is 13.0. The summed E-state index contributed by atoms with van der Waals surface area (Å²) in [5.74, 6) is 0.913. The lowest BCUT2D eigenvalue weighted by atomic mass is 10.1. The number of rotatable bonds is 6. The summed E-state index contributed by atoms with van der Waals surface area (Å²) in [6.07, 6.45) is 3.77. The number of nitrogens with two attached hydrogens (primary N) is 1. The lowest BCUT2D eigenvalue weighted by Crippen LogP contribution is -2.47. The molecule has 1 saturated heterocycles. The van der Waals surface area contributed by atoms with Gasteiger partial charge in [-0.05, 0) is 17.7 Å². The lowest BCUT2D eigenvalue weighted by molar-refractivity contribution is -0.119. The molecule has 2 heterocycles. The fourth-order valence-corrected chi connectivity index (χ4v) is 3.06. The highest BCUT2D eigenvalue weighted by molar-refractivity contribution is 5.80. The first-order valence-electron chi connectivity index (χ1n) is 9.11. The van der Waals surface area contributed by atoms with Gasteiger partial charge in [-0.2, -0.15) is 5.10 Å². The van der Waals surface area contributed by atoms with Gasteiger partial charge < -0.3 is 25.4 Å². The van der Waals surface area contributed by atoms with Crippen LogP contribution in [0.25, 0.3) is 0 Å². The molecule has 0 radical (unpaired) electrons. The number of carbonyl (C=O) groups excluding carboxylic acids is 1. The number of aryl methyl sites for hydroxylation is 1. The van der Waals surface area contributed by atoms with Gasteiger partial charge >= 0.3 is 0 Å². The molecule has 0 spiro atoms. The first-order valence-corrected chi connectivity index (χ1v) is 9.11. The second-order valence-corrected chi connectivity index (χ2v) is 6.56. The third kappa shape index (κ3) is 5.23. The zero-order chi connectivity index (χ0) is 19.9. The standard InChI is InChI=1S/C19H26N6O3/c1-21-19(22-9-14-4-3-5-16(8-14)28-13-18(20)26)25-6-7-27-17(12-25)15-10-23-24(2)11-15/h3-5,8,10-11,17H,6-7,9,12-13H2,1-2H3,(H2,20,26)(H,21,22). The first-order chi connectivity index (χ1) is 13.5. The fourth-order valence-electron chi connectivity index (χ4n) is 3.06. The van der Waals surface area contributed by atoms with E-state index in [1.807, 2.05) is 37.6 Å². The van der Waals surface area contributed by atoms with Crippen molar-refractivity contribution in [2.24, 2.45) is 17.8 Å². The quantitative estimate of drug-likeness (QED) is 0.551. The largest absolute Gasteiger partial charge is 0.484 e. The van der Waals surface area contributed by atoms with Gasteiger partial charge in [0.05, 0.1) is 19.3 Å². The van der Waals surface area contributed by atoms with E-state index in [9.17, 15) is 4.79 Å². The van der Waals surface area contributed by atoms with Crippen LogP contribution in [0.1, 0.15) is 17.2 Å². The maximum Gasteiger partial charge on any atom is 0.255 e. The number of aromatic nitrogens is 2. The molecule has 150 valence electrons. The van der Waals surface area contributed by atoms with Crippen LogP contribution < -0.4 is 15.8 Å². The number of ether oxygens (including phenoxy) is 2. The minimum atomic E-state index is -0.501. The number of benzene rings is 1. The molecule has 0 saturated carbocycles. The number of aliphatic imine (C=N–C) groups is 1. The van der Waals surface area contributed by atoms with Gasteiger partial charge in [-0.1, -0.05) is 12.1 Å². The monoisotopic (exact) mass is 386 g/mol. The molecule has 1 aromatic carbocycles. The second-order valence-electron chi connectivity index (χ2n) is 6.56. The molecule has 1 amide bonds. The number of guanidine groups is 1. The average Bonchev–Trinajstić information content (AvgIpc) is 3.14. The van der Waals surface area contributed by atoms with Gasteiger partial charge in [0.1, 0.15) is 11.9 Å². The van der Waals surface area contributed by atoms with Crippen LogP contribution in [0.15, 0.2) is 41.7 Å². The zero-order valence-electron chi connectivity index (χ0n) is 16.2. The Hall–Kier alpha value is -3.07. The van der Waals surface area contributed by atoms with Crippen molar-refractivity contribution in [2.75, 3.05) is 33.4 Å². The Kier molecular flexibility index (Phi) is 6.49. The highest BCUT2D eigenvalue weighted by atomic mass is 16.5. The molecule has 1 unspecified atom stereocenters. The van der Waals surface area contributed by atoms with Crippen LogP contribution in [-0.4, -0.2) is 59.9 Å². The molecule has 3 N–H and O–H groups in total. The molecule has 1 aliphatic heterocycles. The molecule has 3 rings (SSSR count). The Labute approximate surface area is 164 Å². The van der Waals surface area contributed by atoms with E-state index in [1.54, 1.807) is 17.8 Å². The second kappa shape index (κ2) is 9.23. The molecular weight excluding hydrogens is 360 g/mol. The third-order valence-corrected chi connectivity index (χ3v) is 4.40. The molecule has 1 aromatic heterocycles. The van der Waals surface area contributed by atoms with Crippen molar-refractivity contribution >= 4 is 11.9 Å². The molecule has 2 aromatic rings. The van der Waals surface area contributed by atoms with E-state index in [2.05, 4.69) is 20.3 Å². The third-order valence-electron chi connectivity index (χ3n) is 4.40. The number of nitrogens with zero attached hydrogens (tertiary/aromatic N) is 4. The summed E-state index contributed by atoms with van der Waals surface area (Å²) in [7, 11) is 3.66. The van der Waals surface area contributed by atoms with Crippen LogP contribution in [0.3, 0.4) is 0 Å². The Morgan fingerprint density at radius 2 is 2.36 bits per heavy atom. The number of hydrogen-bond acceptors (Lipinski definition) is 5. The van der Waals surface area contributed by atoms with Crippen molar-refractivity contribution in [3.05, 3.63) is 47.8 Å². The Bertz CT molecular complexity index is 835. The predicted molar refractivity (Wildman–Crippen MR) is 105 cm³/mol. The van der Waals surface area contributed by atoms with E-state index in [-0.39, 0.29) is 12.7 Å². The van der Waals surface area contributed by atoms with Gasteiger partial charge in [0.15, 0.2) is 12.6 Å². The van der Waals surface area contributed by atoms with Gasteiger partial charge in [-0.15, -0.1) is 0 Å². The normalized spacial score (nSPS) is 17.4. The summed E-state index contributed by atoms with van der Waals surface area (Å²) in [4.78, 5) is 17.4. The van der Waals surface area contributed by atoms with Crippen LogP contribution in [0.4, 0.5) is 0 Å². The summed E-state index contributed by atoms with van der Waals surface area (Å²) in [5.41, 5.74) is 7.19. The van der Waals surface area contributed by atoms with Crippen molar-refractivity contribution < 1.29 is 14.3 Å². The van der Waals surface area contributed by atoms with Gasteiger partial charge in [0.25, 0.3) is 5.91 Å². The molecule has 1 fully saturated rings. The van der Waals surface area contributed by atoms with Crippen molar-refractivity contribution in [3.63, 3.8) is 0 Å². The van der Waals surface area contributed by atoms with E-state index in [4.69, 9.17) is 15.2 Å². The highest BCUT2D eigenvalue weighted by Gasteiger charge is 2.25. The van der Waals surface area contributed by atoms with Crippen molar-refractivity contribution in [1.82, 2.24) is 20.0 Å². The molecule has 28 heavy (non-hydrogen) atoms. The van der Waals surface area contributed by atoms with Gasteiger partial charge in [-0.25, -0.2) is 0 Å². The Morgan fingerprint density at radius 1 is 1.50 bits per heavy atom. The SMILES string of the molecule is CN=C(NCc1cccc(OCC(N)=O)c1)N1CCOC(c2cnn(C)c2)C1. The smallest absolute Gasteiger partial charge is 0.255 e. The molecule has 0 bridgehead atoms. The Balaban J connectivity index is 1.58. The molecule has 1 atom stereocenters. The lowest BCUT2D eigenvalue weighted by Gasteiger charge is -2.34. The van der Waals surface area contributed by atoms with Crippen molar-refractivity contribution in [1.29, 1.82) is 0 Å². The van der Waals surface area contributed by atoms with Gasteiger partial charge in [0.2, 0.25) is 0 Å². The van der Waals surface area contributed by atoms with Crippen molar-refractivity contribution in [2.45, 2.75) is 12.6 Å². The summed E-state index contributed by atoms with van der Waals surface area (Å²) in [5, 5.41) is 7.60. The molecule has 0 aliphatic carbocycles. The van der Waals surface area contributed by atoms with Crippen molar-refractivity contribution in [3.8, 4) is 5.75 Å². The number of morpholine rings is 1. The number of hydrogen-bond donors (Lipinski definition) is 2. The fraction of sp³-hybridized carbons (Fsp3) is 0.421. The minimum absolute atomic E-state index is 0.0356. The van der Waals surface area contributed by atoms with Crippen LogP contribution >= 0.6 is 0 Å². The van der Waals surface area contributed by atoms with E-state index < -0.39 is 5.91 Å². The molecule has 1 aliphatic rings. The van der Waals surface area contributed by atoms with Gasteiger partial charge in [-0.3, -0.25) is 14.5 Å². The number of carbonyl (C=O) groups is 1.